The van der Waals surface area contributed by atoms with Gasteiger partial charge in [-0.3, -0.25) is 4.79 Å². The predicted molar refractivity (Wildman–Crippen MR) is 60.9 cm³/mol. The van der Waals surface area contributed by atoms with E-state index in [1.165, 1.54) is 5.56 Å². The molecule has 0 fully saturated rings. The van der Waals surface area contributed by atoms with Crippen LogP contribution < -0.4 is 5.32 Å². The summed E-state index contributed by atoms with van der Waals surface area (Å²) in [5.41, 5.74) is 2.23. The molecule has 0 heterocycles. The topological polar surface area (TPSA) is 58.6 Å². The number of aryl methyl sites for hydroxylation is 1. The van der Waals surface area contributed by atoms with Gasteiger partial charge in [0.05, 0.1) is 13.2 Å². The van der Waals surface area contributed by atoms with E-state index in [1.54, 1.807) is 0 Å². The summed E-state index contributed by atoms with van der Waals surface area (Å²) in [6, 6.07) is 7.95. The van der Waals surface area contributed by atoms with E-state index in [1.807, 2.05) is 31.2 Å². The van der Waals surface area contributed by atoms with Crippen LogP contribution in [-0.4, -0.2) is 30.8 Å². The molecule has 0 aliphatic rings. The van der Waals surface area contributed by atoms with Gasteiger partial charge in [0.25, 0.3) is 0 Å². The lowest BCUT2D eigenvalue weighted by Crippen LogP contribution is -2.27. The summed E-state index contributed by atoms with van der Waals surface area (Å²) in [4.78, 5) is 11.3. The third-order valence-corrected chi connectivity index (χ3v) is 2.04. The molecule has 16 heavy (non-hydrogen) atoms. The molecule has 88 valence electrons. The first kappa shape index (κ1) is 12.7. The standard InChI is InChI=1S/C12H17NO3/c1-10-3-2-4-11(7-10)8-13-12(15)9-16-6-5-14/h2-4,7,14H,5-6,8-9H2,1H3,(H,13,15). The quantitative estimate of drug-likeness (QED) is 0.695. The Labute approximate surface area is 95.2 Å². The molecule has 0 aromatic heterocycles. The van der Waals surface area contributed by atoms with Crippen LogP contribution in [0.15, 0.2) is 24.3 Å². The number of carbonyl (C=O) groups is 1. The molecule has 0 radical (unpaired) electrons. The highest BCUT2D eigenvalue weighted by Crippen LogP contribution is 2.02. The van der Waals surface area contributed by atoms with Gasteiger partial charge < -0.3 is 15.2 Å². The maximum absolute atomic E-state index is 11.3. The van der Waals surface area contributed by atoms with Gasteiger partial charge >= 0.3 is 0 Å². The van der Waals surface area contributed by atoms with E-state index in [0.717, 1.165) is 5.56 Å². The fourth-order valence-electron chi connectivity index (χ4n) is 1.30. The van der Waals surface area contributed by atoms with Gasteiger partial charge in [-0.05, 0) is 12.5 Å². The minimum atomic E-state index is -0.171. The third-order valence-electron chi connectivity index (χ3n) is 2.04. The number of hydrogen-bond acceptors (Lipinski definition) is 3. The van der Waals surface area contributed by atoms with Gasteiger partial charge in [-0.1, -0.05) is 29.8 Å². The Morgan fingerprint density at radius 3 is 3.00 bits per heavy atom. The van der Waals surface area contributed by atoms with E-state index in [9.17, 15) is 4.79 Å². The number of aliphatic hydroxyl groups is 1. The van der Waals surface area contributed by atoms with Gasteiger partial charge in [0.1, 0.15) is 6.61 Å². The molecule has 4 nitrogen and oxygen atoms in total. The minimum absolute atomic E-state index is 0.00756. The Morgan fingerprint density at radius 1 is 1.50 bits per heavy atom. The molecule has 1 aromatic carbocycles. The molecule has 0 unspecified atom stereocenters. The van der Waals surface area contributed by atoms with Crippen LogP contribution in [0.2, 0.25) is 0 Å². The first-order valence-electron chi connectivity index (χ1n) is 5.23. The summed E-state index contributed by atoms with van der Waals surface area (Å²) in [5.74, 6) is -0.171. The summed E-state index contributed by atoms with van der Waals surface area (Å²) in [6.45, 7) is 2.63. The number of amides is 1. The van der Waals surface area contributed by atoms with Gasteiger partial charge in [-0.25, -0.2) is 0 Å². The van der Waals surface area contributed by atoms with Crippen molar-refractivity contribution in [3.8, 4) is 0 Å². The summed E-state index contributed by atoms with van der Waals surface area (Å²) < 4.78 is 4.89. The van der Waals surface area contributed by atoms with Gasteiger partial charge in [0.2, 0.25) is 5.91 Å². The molecular weight excluding hydrogens is 206 g/mol. The largest absolute Gasteiger partial charge is 0.394 e. The molecule has 0 aliphatic carbocycles. The van der Waals surface area contributed by atoms with Crippen molar-refractivity contribution in [2.24, 2.45) is 0 Å². The number of hydrogen-bond donors (Lipinski definition) is 2. The van der Waals surface area contributed by atoms with Gasteiger partial charge in [-0.2, -0.15) is 0 Å². The predicted octanol–water partition coefficient (Wildman–Crippen LogP) is 0.620. The molecule has 1 amide bonds. The lowest BCUT2D eigenvalue weighted by molar-refractivity contribution is -0.126. The summed E-state index contributed by atoms with van der Waals surface area (Å²) in [6.07, 6.45) is 0. The number of rotatable bonds is 6. The normalized spacial score (nSPS) is 10.1. The van der Waals surface area contributed by atoms with Crippen LogP contribution >= 0.6 is 0 Å². The Hall–Kier alpha value is -1.39. The Kier molecular flexibility index (Phi) is 5.53. The van der Waals surface area contributed by atoms with Gasteiger partial charge in [0, 0.05) is 6.54 Å². The SMILES string of the molecule is Cc1cccc(CNC(=O)COCCO)c1. The average molecular weight is 223 g/mol. The number of aliphatic hydroxyl groups excluding tert-OH is 1. The third kappa shape index (κ3) is 4.91. The Balaban J connectivity index is 2.26. The van der Waals surface area contributed by atoms with Crippen LogP contribution in [0.3, 0.4) is 0 Å². The molecule has 2 N–H and O–H groups in total. The van der Waals surface area contributed by atoms with Crippen molar-refractivity contribution >= 4 is 5.91 Å². The first-order chi connectivity index (χ1) is 7.72. The summed E-state index contributed by atoms with van der Waals surface area (Å²) in [5, 5.41) is 11.2. The molecule has 0 atom stereocenters. The molecule has 0 aliphatic heterocycles. The Morgan fingerprint density at radius 2 is 2.31 bits per heavy atom. The second kappa shape index (κ2) is 6.98. The van der Waals surface area contributed by atoms with Crippen molar-refractivity contribution in [2.45, 2.75) is 13.5 Å². The van der Waals surface area contributed by atoms with E-state index < -0.39 is 0 Å². The van der Waals surface area contributed by atoms with Crippen LogP contribution in [0, 0.1) is 6.92 Å². The molecule has 0 spiro atoms. The van der Waals surface area contributed by atoms with Crippen molar-refractivity contribution in [3.05, 3.63) is 35.4 Å². The monoisotopic (exact) mass is 223 g/mol. The van der Waals surface area contributed by atoms with Crippen LogP contribution in [0.25, 0.3) is 0 Å². The highest BCUT2D eigenvalue weighted by molar-refractivity contribution is 5.77. The first-order valence-corrected chi connectivity index (χ1v) is 5.23. The highest BCUT2D eigenvalue weighted by atomic mass is 16.5. The fraction of sp³-hybridized carbons (Fsp3) is 0.417. The van der Waals surface area contributed by atoms with E-state index in [-0.39, 0.29) is 25.7 Å². The Bertz CT molecular complexity index is 339. The second-order valence-electron chi connectivity index (χ2n) is 3.54. The lowest BCUT2D eigenvalue weighted by Gasteiger charge is -2.06. The number of nitrogens with one attached hydrogen (secondary N) is 1. The summed E-state index contributed by atoms with van der Waals surface area (Å²) in [7, 11) is 0. The molecule has 4 heteroatoms. The zero-order valence-electron chi connectivity index (χ0n) is 9.40. The highest BCUT2D eigenvalue weighted by Gasteiger charge is 2.00. The second-order valence-corrected chi connectivity index (χ2v) is 3.54. The average Bonchev–Trinajstić information content (AvgIpc) is 2.27. The van der Waals surface area contributed by atoms with Crippen LogP contribution in [-0.2, 0) is 16.1 Å². The maximum Gasteiger partial charge on any atom is 0.246 e. The van der Waals surface area contributed by atoms with Crippen LogP contribution in [0.1, 0.15) is 11.1 Å². The van der Waals surface area contributed by atoms with E-state index in [4.69, 9.17) is 9.84 Å². The minimum Gasteiger partial charge on any atom is -0.394 e. The number of carbonyl (C=O) groups excluding carboxylic acids is 1. The maximum atomic E-state index is 11.3. The smallest absolute Gasteiger partial charge is 0.246 e. The van der Waals surface area contributed by atoms with E-state index in [2.05, 4.69) is 5.32 Å². The van der Waals surface area contributed by atoms with Crippen LogP contribution in [0.4, 0.5) is 0 Å². The zero-order chi connectivity index (χ0) is 11.8. The van der Waals surface area contributed by atoms with Crippen molar-refractivity contribution in [2.75, 3.05) is 19.8 Å². The van der Waals surface area contributed by atoms with Crippen molar-refractivity contribution in [1.82, 2.24) is 5.32 Å². The molecule has 0 saturated carbocycles. The molecule has 0 bridgehead atoms. The van der Waals surface area contributed by atoms with Crippen molar-refractivity contribution in [1.29, 1.82) is 0 Å². The molecular formula is C12H17NO3. The molecule has 0 saturated heterocycles. The van der Waals surface area contributed by atoms with Crippen LogP contribution in [0.5, 0.6) is 0 Å². The number of benzene rings is 1. The molecule has 1 aromatic rings. The fourth-order valence-corrected chi connectivity index (χ4v) is 1.30. The van der Waals surface area contributed by atoms with Crippen molar-refractivity contribution in [3.63, 3.8) is 0 Å². The van der Waals surface area contributed by atoms with Gasteiger partial charge in [-0.15, -0.1) is 0 Å². The van der Waals surface area contributed by atoms with Crippen molar-refractivity contribution < 1.29 is 14.6 Å². The molecule has 1 rings (SSSR count). The number of ether oxygens (including phenoxy) is 1. The van der Waals surface area contributed by atoms with E-state index in [0.29, 0.717) is 6.54 Å². The summed E-state index contributed by atoms with van der Waals surface area (Å²) >= 11 is 0. The van der Waals surface area contributed by atoms with E-state index >= 15 is 0 Å². The zero-order valence-corrected chi connectivity index (χ0v) is 9.40. The lowest BCUT2D eigenvalue weighted by atomic mass is 10.1. The van der Waals surface area contributed by atoms with Gasteiger partial charge in [0.15, 0.2) is 0 Å².